The molecule has 2 aromatic heterocycles. The molecule has 2 rings (SSSR count). The summed E-state index contributed by atoms with van der Waals surface area (Å²) in [4.78, 5) is 8.33. The first kappa shape index (κ1) is 10.1. The molecule has 5 nitrogen and oxygen atoms in total. The molecule has 0 radical (unpaired) electrons. The first-order valence-electron chi connectivity index (χ1n) is 4.45. The normalized spacial score (nSPS) is 10.6. The van der Waals surface area contributed by atoms with Crippen LogP contribution in [0, 0.1) is 6.92 Å². The van der Waals surface area contributed by atoms with Gasteiger partial charge >= 0.3 is 0 Å². The predicted molar refractivity (Wildman–Crippen MR) is 56.8 cm³/mol. The first-order valence-corrected chi connectivity index (χ1v) is 4.83. The van der Waals surface area contributed by atoms with E-state index in [1.54, 1.807) is 23.0 Å². The average Bonchev–Trinajstić information content (AvgIpc) is 2.61. The van der Waals surface area contributed by atoms with E-state index >= 15 is 0 Å². The predicted octanol–water partition coefficient (Wildman–Crippen LogP) is 1.08. The molecule has 0 aromatic carbocycles. The van der Waals surface area contributed by atoms with Crippen molar-refractivity contribution in [2.24, 2.45) is 5.73 Å². The minimum Gasteiger partial charge on any atom is -0.324 e. The number of hydrogen-bond acceptors (Lipinski definition) is 4. The van der Waals surface area contributed by atoms with Crippen LogP contribution >= 0.6 is 11.6 Å². The Balaban J connectivity index is 2.48. The van der Waals surface area contributed by atoms with Crippen LogP contribution in [0.3, 0.4) is 0 Å². The third-order valence-corrected chi connectivity index (χ3v) is 2.12. The maximum atomic E-state index is 5.75. The van der Waals surface area contributed by atoms with E-state index < -0.39 is 0 Å². The summed E-state index contributed by atoms with van der Waals surface area (Å²) >= 11 is 5.75. The SMILES string of the molecule is Cc1nc(CN)n(-c2ccc(Cl)cn2)n1. The lowest BCUT2D eigenvalue weighted by Crippen LogP contribution is -2.09. The maximum absolute atomic E-state index is 5.75. The molecular weight excluding hydrogens is 214 g/mol. The Morgan fingerprint density at radius 3 is 2.87 bits per heavy atom. The van der Waals surface area contributed by atoms with Crippen molar-refractivity contribution >= 4 is 11.6 Å². The van der Waals surface area contributed by atoms with Crippen LogP contribution in [0.2, 0.25) is 5.02 Å². The van der Waals surface area contributed by atoms with Crippen LogP contribution in [-0.4, -0.2) is 19.7 Å². The Bertz CT molecular complexity index is 462. The van der Waals surface area contributed by atoms with E-state index in [1.165, 1.54) is 0 Å². The highest BCUT2D eigenvalue weighted by molar-refractivity contribution is 6.30. The summed E-state index contributed by atoms with van der Waals surface area (Å²) in [5.41, 5.74) is 5.55. The van der Waals surface area contributed by atoms with Gasteiger partial charge in [0.1, 0.15) is 11.6 Å². The molecule has 0 saturated carbocycles. The Labute approximate surface area is 91.9 Å². The highest BCUT2D eigenvalue weighted by Crippen LogP contribution is 2.10. The fourth-order valence-electron chi connectivity index (χ4n) is 1.27. The highest BCUT2D eigenvalue weighted by Gasteiger charge is 2.08. The number of halogens is 1. The summed E-state index contributed by atoms with van der Waals surface area (Å²) in [6.45, 7) is 2.14. The topological polar surface area (TPSA) is 69.6 Å². The molecule has 0 unspecified atom stereocenters. The van der Waals surface area contributed by atoms with Gasteiger partial charge in [0.05, 0.1) is 11.6 Å². The Kier molecular flexibility index (Phi) is 2.66. The maximum Gasteiger partial charge on any atom is 0.155 e. The van der Waals surface area contributed by atoms with Crippen molar-refractivity contribution in [3.63, 3.8) is 0 Å². The summed E-state index contributed by atoms with van der Waals surface area (Å²) in [5.74, 6) is 2.02. The van der Waals surface area contributed by atoms with Crippen molar-refractivity contribution in [2.75, 3.05) is 0 Å². The van der Waals surface area contributed by atoms with Crippen molar-refractivity contribution in [1.82, 2.24) is 19.7 Å². The molecule has 2 N–H and O–H groups in total. The zero-order valence-corrected chi connectivity index (χ0v) is 8.94. The number of rotatable bonds is 2. The van der Waals surface area contributed by atoms with Gasteiger partial charge in [-0.3, -0.25) is 0 Å². The van der Waals surface area contributed by atoms with Crippen molar-refractivity contribution < 1.29 is 0 Å². The molecule has 0 atom stereocenters. The molecular formula is C9H10ClN5. The van der Waals surface area contributed by atoms with E-state index in [4.69, 9.17) is 17.3 Å². The van der Waals surface area contributed by atoms with Crippen LogP contribution in [0.25, 0.3) is 5.82 Å². The molecule has 15 heavy (non-hydrogen) atoms. The molecule has 0 fully saturated rings. The van der Waals surface area contributed by atoms with Crippen LogP contribution in [-0.2, 0) is 6.54 Å². The number of hydrogen-bond donors (Lipinski definition) is 1. The van der Waals surface area contributed by atoms with Crippen molar-refractivity contribution in [3.05, 3.63) is 35.0 Å². The summed E-state index contributed by atoms with van der Waals surface area (Å²) in [6, 6.07) is 3.52. The van der Waals surface area contributed by atoms with Gasteiger partial charge in [-0.2, -0.15) is 4.68 Å². The smallest absolute Gasteiger partial charge is 0.155 e. The van der Waals surface area contributed by atoms with Crippen LogP contribution in [0.15, 0.2) is 18.3 Å². The van der Waals surface area contributed by atoms with Crippen LogP contribution in [0.5, 0.6) is 0 Å². The van der Waals surface area contributed by atoms with E-state index in [2.05, 4.69) is 15.1 Å². The van der Waals surface area contributed by atoms with Crippen molar-refractivity contribution in [2.45, 2.75) is 13.5 Å². The van der Waals surface area contributed by atoms with E-state index in [-0.39, 0.29) is 0 Å². The van der Waals surface area contributed by atoms with Gasteiger partial charge in [-0.15, -0.1) is 5.10 Å². The van der Waals surface area contributed by atoms with Crippen LogP contribution < -0.4 is 5.73 Å². The van der Waals surface area contributed by atoms with Gasteiger partial charge in [0.25, 0.3) is 0 Å². The van der Waals surface area contributed by atoms with Crippen molar-refractivity contribution in [1.29, 1.82) is 0 Å². The molecule has 0 saturated heterocycles. The van der Waals surface area contributed by atoms with E-state index in [1.807, 2.05) is 6.92 Å². The molecule has 0 aliphatic rings. The van der Waals surface area contributed by atoms with E-state index in [9.17, 15) is 0 Å². The number of nitrogens with zero attached hydrogens (tertiary/aromatic N) is 4. The van der Waals surface area contributed by atoms with Crippen LogP contribution in [0.1, 0.15) is 11.6 Å². The van der Waals surface area contributed by atoms with Crippen molar-refractivity contribution in [3.8, 4) is 5.82 Å². The van der Waals surface area contributed by atoms with Gasteiger partial charge in [0.15, 0.2) is 5.82 Å². The van der Waals surface area contributed by atoms with Gasteiger partial charge in [0.2, 0.25) is 0 Å². The number of aryl methyl sites for hydroxylation is 1. The monoisotopic (exact) mass is 223 g/mol. The summed E-state index contributed by atoms with van der Waals surface area (Å²) in [7, 11) is 0. The molecule has 0 amide bonds. The second kappa shape index (κ2) is 3.96. The minimum atomic E-state index is 0.325. The van der Waals surface area contributed by atoms with Gasteiger partial charge in [0, 0.05) is 6.20 Å². The van der Waals surface area contributed by atoms with Gasteiger partial charge in [-0.05, 0) is 19.1 Å². The average molecular weight is 224 g/mol. The minimum absolute atomic E-state index is 0.325. The molecule has 2 heterocycles. The molecule has 0 aliphatic carbocycles. The van der Waals surface area contributed by atoms with Crippen LogP contribution in [0.4, 0.5) is 0 Å². The highest BCUT2D eigenvalue weighted by atomic mass is 35.5. The number of pyridine rings is 1. The molecule has 0 bridgehead atoms. The van der Waals surface area contributed by atoms with E-state index in [0.717, 1.165) is 0 Å². The Hall–Kier alpha value is -1.46. The van der Waals surface area contributed by atoms with E-state index in [0.29, 0.717) is 29.0 Å². The second-order valence-electron chi connectivity index (χ2n) is 3.03. The molecule has 6 heteroatoms. The number of nitrogens with two attached hydrogens (primary N) is 1. The summed E-state index contributed by atoms with van der Waals surface area (Å²) in [5, 5.41) is 4.79. The fraction of sp³-hybridized carbons (Fsp3) is 0.222. The Morgan fingerprint density at radius 1 is 1.47 bits per heavy atom. The largest absolute Gasteiger partial charge is 0.324 e. The summed E-state index contributed by atoms with van der Waals surface area (Å²) in [6.07, 6.45) is 1.56. The lowest BCUT2D eigenvalue weighted by atomic mass is 10.4. The molecule has 0 aliphatic heterocycles. The standard InChI is InChI=1S/C9H10ClN5/c1-6-13-9(4-11)15(14-6)8-3-2-7(10)5-12-8/h2-3,5H,4,11H2,1H3. The third kappa shape index (κ3) is 1.98. The second-order valence-corrected chi connectivity index (χ2v) is 3.46. The van der Waals surface area contributed by atoms with Gasteiger partial charge in [-0.25, -0.2) is 9.97 Å². The number of aromatic nitrogens is 4. The lowest BCUT2D eigenvalue weighted by Gasteiger charge is -2.02. The lowest BCUT2D eigenvalue weighted by molar-refractivity contribution is 0.765. The quantitative estimate of drug-likeness (QED) is 0.827. The van der Waals surface area contributed by atoms with Gasteiger partial charge in [-0.1, -0.05) is 11.6 Å². The first-order chi connectivity index (χ1) is 7.20. The zero-order chi connectivity index (χ0) is 10.8. The third-order valence-electron chi connectivity index (χ3n) is 1.89. The molecule has 2 aromatic rings. The van der Waals surface area contributed by atoms with Gasteiger partial charge < -0.3 is 5.73 Å². The fourth-order valence-corrected chi connectivity index (χ4v) is 1.38. The zero-order valence-electron chi connectivity index (χ0n) is 8.18. The molecule has 0 spiro atoms. The Morgan fingerprint density at radius 2 is 2.27 bits per heavy atom. The molecule has 78 valence electrons. The summed E-state index contributed by atoms with van der Waals surface area (Å²) < 4.78 is 1.62.